The largest absolute Gasteiger partial charge is 0.507 e. The van der Waals surface area contributed by atoms with Crippen molar-refractivity contribution in [2.24, 2.45) is 0 Å². The molecule has 1 aliphatic heterocycles. The summed E-state index contributed by atoms with van der Waals surface area (Å²) in [6.45, 7) is 0.0482. The minimum Gasteiger partial charge on any atom is -0.507 e. The zero-order valence-electron chi connectivity index (χ0n) is 21.8. The maximum atomic E-state index is 14.7. The summed E-state index contributed by atoms with van der Waals surface area (Å²) >= 11 is 7.04. The van der Waals surface area contributed by atoms with E-state index in [1.54, 1.807) is 36.3 Å². The second kappa shape index (κ2) is 12.0. The standard InChI is InChI=1S/C30H25Br2F2N3O4/c1-35-26(11-13-31)37(27(19-9-5-6-10-21(19)32)20-15-22(33)23(34)16-25(20)39)36-14-12-24(38)29(28(36)30(35)40)41-17-18-7-3-2-4-8-18/h2-10,12,14-16,26-27,39H,11,13,17H2,1H3/t26-,27?/m0/s1. The molecule has 1 N–H and O–H groups in total. The maximum absolute atomic E-state index is 14.7. The number of ether oxygens (including phenoxy) is 1. The third-order valence-electron chi connectivity index (χ3n) is 6.98. The first-order chi connectivity index (χ1) is 19.7. The van der Waals surface area contributed by atoms with Crippen molar-refractivity contribution in [3.63, 3.8) is 0 Å². The molecule has 1 amide bonds. The second-order valence-corrected chi connectivity index (χ2v) is 11.1. The maximum Gasteiger partial charge on any atom is 0.277 e. The summed E-state index contributed by atoms with van der Waals surface area (Å²) < 4.78 is 37.0. The van der Waals surface area contributed by atoms with E-state index in [0.717, 1.165) is 17.7 Å². The number of alkyl halides is 1. The van der Waals surface area contributed by atoms with Crippen LogP contribution < -0.4 is 15.2 Å². The topological polar surface area (TPSA) is 75.0 Å². The van der Waals surface area contributed by atoms with Crippen LogP contribution in [0.1, 0.15) is 39.6 Å². The highest BCUT2D eigenvalue weighted by Crippen LogP contribution is 2.41. The van der Waals surface area contributed by atoms with Crippen molar-refractivity contribution in [3.8, 4) is 11.5 Å². The van der Waals surface area contributed by atoms with Crippen molar-refractivity contribution in [2.45, 2.75) is 25.2 Å². The van der Waals surface area contributed by atoms with E-state index in [4.69, 9.17) is 4.74 Å². The van der Waals surface area contributed by atoms with Gasteiger partial charge in [0.05, 0.1) is 0 Å². The second-order valence-electron chi connectivity index (χ2n) is 9.48. The third kappa shape index (κ3) is 5.48. The molecule has 0 bridgehead atoms. The Balaban J connectivity index is 1.77. The molecule has 5 rings (SSSR count). The van der Waals surface area contributed by atoms with Crippen LogP contribution in [0.25, 0.3) is 0 Å². The van der Waals surface area contributed by atoms with E-state index in [9.17, 15) is 23.5 Å². The molecular formula is C30H25Br2F2N3O4. The van der Waals surface area contributed by atoms with Crippen LogP contribution in [0.4, 0.5) is 8.78 Å². The number of benzene rings is 3. The van der Waals surface area contributed by atoms with E-state index < -0.39 is 40.9 Å². The zero-order valence-corrected chi connectivity index (χ0v) is 25.0. The smallest absolute Gasteiger partial charge is 0.277 e. The molecule has 212 valence electrons. The Morgan fingerprint density at radius 3 is 2.37 bits per heavy atom. The van der Waals surface area contributed by atoms with Gasteiger partial charge in [0.1, 0.15) is 24.6 Å². The molecule has 0 saturated heterocycles. The highest BCUT2D eigenvalue weighted by Gasteiger charge is 2.43. The third-order valence-corrected chi connectivity index (χ3v) is 8.16. The molecule has 0 radical (unpaired) electrons. The highest BCUT2D eigenvalue weighted by atomic mass is 79.9. The number of phenolic OH excluding ortho intramolecular Hbond substituents is 1. The Morgan fingerprint density at radius 2 is 1.66 bits per heavy atom. The van der Waals surface area contributed by atoms with Gasteiger partial charge in [0.15, 0.2) is 23.1 Å². The Hall–Kier alpha value is -3.70. The molecule has 1 unspecified atom stereocenters. The molecule has 7 nitrogen and oxygen atoms in total. The number of carbonyl (C=O) groups excluding carboxylic acids is 1. The monoisotopic (exact) mass is 687 g/mol. The summed E-state index contributed by atoms with van der Waals surface area (Å²) in [4.78, 5) is 28.4. The van der Waals surface area contributed by atoms with Gasteiger partial charge in [-0.3, -0.25) is 19.3 Å². The van der Waals surface area contributed by atoms with Gasteiger partial charge in [0.2, 0.25) is 5.43 Å². The van der Waals surface area contributed by atoms with Gasteiger partial charge in [0.25, 0.3) is 5.91 Å². The number of aromatic hydroxyl groups is 1. The lowest BCUT2D eigenvalue weighted by molar-refractivity contribution is 0.0610. The number of fused-ring (bicyclic) bond motifs is 1. The average molecular weight is 689 g/mol. The number of halogens is 4. The lowest BCUT2D eigenvalue weighted by atomic mass is 9.95. The fraction of sp³-hybridized carbons (Fsp3) is 0.200. The highest BCUT2D eigenvalue weighted by molar-refractivity contribution is 9.10. The van der Waals surface area contributed by atoms with Gasteiger partial charge >= 0.3 is 0 Å². The molecule has 0 fully saturated rings. The Labute approximate surface area is 251 Å². The quantitative estimate of drug-likeness (QED) is 0.227. The Morgan fingerprint density at radius 1 is 0.976 bits per heavy atom. The number of aromatic nitrogens is 1. The fourth-order valence-corrected chi connectivity index (χ4v) is 5.94. The number of nitrogens with zero attached hydrogens (tertiary/aromatic N) is 3. The molecule has 2 atom stereocenters. The van der Waals surface area contributed by atoms with E-state index in [-0.39, 0.29) is 23.6 Å². The van der Waals surface area contributed by atoms with Gasteiger partial charge in [0, 0.05) is 40.7 Å². The van der Waals surface area contributed by atoms with Crippen LogP contribution in [0, 0.1) is 11.6 Å². The number of hydrogen-bond acceptors (Lipinski definition) is 5. The van der Waals surface area contributed by atoms with Gasteiger partial charge in [-0.15, -0.1) is 0 Å². The molecule has 1 aliphatic rings. The van der Waals surface area contributed by atoms with E-state index in [1.165, 1.54) is 21.8 Å². The normalized spacial score (nSPS) is 15.5. The molecule has 0 saturated carbocycles. The first kappa shape index (κ1) is 28.8. The Bertz CT molecular complexity index is 1650. The van der Waals surface area contributed by atoms with Gasteiger partial charge < -0.3 is 14.7 Å². The van der Waals surface area contributed by atoms with Crippen LogP contribution in [0.2, 0.25) is 0 Å². The van der Waals surface area contributed by atoms with E-state index in [0.29, 0.717) is 21.8 Å². The lowest BCUT2D eigenvalue weighted by Crippen LogP contribution is -2.61. The molecule has 2 heterocycles. The number of phenols is 1. The van der Waals surface area contributed by atoms with Crippen LogP contribution in [-0.4, -0.2) is 39.1 Å². The number of hydrogen-bond donors (Lipinski definition) is 1. The van der Waals surface area contributed by atoms with Crippen molar-refractivity contribution >= 4 is 37.8 Å². The molecule has 1 aromatic heterocycles. The van der Waals surface area contributed by atoms with Gasteiger partial charge in [-0.25, -0.2) is 8.78 Å². The van der Waals surface area contributed by atoms with E-state index in [2.05, 4.69) is 31.9 Å². The molecule has 3 aromatic carbocycles. The van der Waals surface area contributed by atoms with Crippen LogP contribution in [0.3, 0.4) is 0 Å². The summed E-state index contributed by atoms with van der Waals surface area (Å²) in [6, 6.07) is 18.4. The number of carbonyl (C=O) groups is 1. The average Bonchev–Trinajstić information content (AvgIpc) is 2.96. The molecule has 0 spiro atoms. The summed E-state index contributed by atoms with van der Waals surface area (Å²) in [7, 11) is 1.60. The molecule has 0 aliphatic carbocycles. The van der Waals surface area contributed by atoms with Gasteiger partial charge in [-0.05, 0) is 29.7 Å². The molecular weight excluding hydrogens is 664 g/mol. The minimum atomic E-state index is -1.19. The first-order valence-electron chi connectivity index (χ1n) is 12.7. The van der Waals surface area contributed by atoms with Crippen molar-refractivity contribution < 1.29 is 23.4 Å². The van der Waals surface area contributed by atoms with E-state index in [1.807, 2.05) is 30.3 Å². The van der Waals surface area contributed by atoms with Crippen LogP contribution in [-0.2, 0) is 6.61 Å². The van der Waals surface area contributed by atoms with Crippen molar-refractivity contribution in [2.75, 3.05) is 17.4 Å². The van der Waals surface area contributed by atoms with Crippen molar-refractivity contribution in [1.82, 2.24) is 9.58 Å². The minimum absolute atomic E-state index is 0.0270. The summed E-state index contributed by atoms with van der Waals surface area (Å²) in [6.07, 6.45) is 1.24. The SMILES string of the molecule is CN1C(=O)c2c(OCc3ccccc3)c(=O)ccn2N(C(c2cc(F)c(F)cc2O)c2ccccc2Br)[C@H]1CCBr. The summed E-state index contributed by atoms with van der Waals surface area (Å²) in [5, 5.41) is 13.2. The predicted octanol–water partition coefficient (Wildman–Crippen LogP) is 6.10. The molecule has 4 aromatic rings. The van der Waals surface area contributed by atoms with Crippen molar-refractivity contribution in [3.05, 3.63) is 128 Å². The van der Waals surface area contributed by atoms with E-state index >= 15 is 0 Å². The fourth-order valence-electron chi connectivity index (χ4n) is 5.03. The van der Waals surface area contributed by atoms with Crippen LogP contribution in [0.5, 0.6) is 11.5 Å². The van der Waals surface area contributed by atoms with Crippen LogP contribution >= 0.6 is 31.9 Å². The number of pyridine rings is 1. The zero-order chi connectivity index (χ0) is 29.3. The van der Waals surface area contributed by atoms with Gasteiger partial charge in [-0.1, -0.05) is 80.4 Å². The number of amides is 1. The lowest BCUT2D eigenvalue weighted by Gasteiger charge is -2.49. The van der Waals surface area contributed by atoms with Crippen molar-refractivity contribution in [1.29, 1.82) is 0 Å². The molecule has 11 heteroatoms. The summed E-state index contributed by atoms with van der Waals surface area (Å²) in [5.41, 5.74) is 0.960. The predicted molar refractivity (Wildman–Crippen MR) is 158 cm³/mol. The molecule has 41 heavy (non-hydrogen) atoms. The first-order valence-corrected chi connectivity index (χ1v) is 14.6. The number of rotatable bonds is 8. The Kier molecular flexibility index (Phi) is 8.46. The van der Waals surface area contributed by atoms with Crippen LogP contribution in [0.15, 0.2) is 88.3 Å². The van der Waals surface area contributed by atoms with Gasteiger partial charge in [-0.2, -0.15) is 0 Å². The summed E-state index contributed by atoms with van der Waals surface area (Å²) in [5.74, 6) is -3.39.